The summed E-state index contributed by atoms with van der Waals surface area (Å²) < 4.78 is 2.05. The summed E-state index contributed by atoms with van der Waals surface area (Å²) in [6.45, 7) is 3.89. The second-order valence-corrected chi connectivity index (χ2v) is 6.56. The number of pyridine rings is 1. The predicted octanol–water partition coefficient (Wildman–Crippen LogP) is 2.48. The summed E-state index contributed by atoms with van der Waals surface area (Å²) in [6, 6.07) is 4.37. The third kappa shape index (κ3) is 3.82. The van der Waals surface area contributed by atoms with Crippen molar-refractivity contribution < 1.29 is 9.90 Å². The summed E-state index contributed by atoms with van der Waals surface area (Å²) in [7, 11) is 2.02. The molecule has 2 aromatic rings. The Hall–Kier alpha value is -2.21. The maximum absolute atomic E-state index is 10.8. The van der Waals surface area contributed by atoms with Crippen molar-refractivity contribution in [1.82, 2.24) is 19.4 Å². The lowest BCUT2D eigenvalue weighted by atomic mass is 10.0. The topological polar surface area (TPSA) is 71.2 Å². The quantitative estimate of drug-likeness (QED) is 0.882. The summed E-state index contributed by atoms with van der Waals surface area (Å²) in [4.78, 5) is 22.2. The van der Waals surface area contributed by atoms with E-state index < -0.39 is 5.97 Å². The minimum Gasteiger partial charge on any atom is -0.481 e. The van der Waals surface area contributed by atoms with Crippen LogP contribution in [-0.4, -0.2) is 37.1 Å². The van der Waals surface area contributed by atoms with Crippen LogP contribution < -0.4 is 0 Å². The SMILES string of the molecule is Cc1cc(CCC(=O)O)cc(C2CCCN2Cc2cncn2C)n1. The highest BCUT2D eigenvalue weighted by atomic mass is 16.4. The van der Waals surface area contributed by atoms with Gasteiger partial charge in [-0.25, -0.2) is 4.98 Å². The Kier molecular flexibility index (Phi) is 4.94. The third-order valence-corrected chi connectivity index (χ3v) is 4.65. The number of aryl methyl sites for hydroxylation is 3. The van der Waals surface area contributed by atoms with Gasteiger partial charge in [-0.1, -0.05) is 0 Å². The van der Waals surface area contributed by atoms with Gasteiger partial charge in [0.15, 0.2) is 0 Å². The van der Waals surface area contributed by atoms with Crippen LogP contribution in [0.25, 0.3) is 0 Å². The van der Waals surface area contributed by atoms with E-state index in [0.717, 1.165) is 42.9 Å². The van der Waals surface area contributed by atoms with Crippen molar-refractivity contribution in [3.8, 4) is 0 Å². The third-order valence-electron chi connectivity index (χ3n) is 4.65. The summed E-state index contributed by atoms with van der Waals surface area (Å²) in [5, 5.41) is 8.90. The molecule has 6 heteroatoms. The zero-order chi connectivity index (χ0) is 17.1. The van der Waals surface area contributed by atoms with E-state index in [1.165, 1.54) is 5.69 Å². The van der Waals surface area contributed by atoms with Gasteiger partial charge in [0, 0.05) is 31.9 Å². The summed E-state index contributed by atoms with van der Waals surface area (Å²) in [5.41, 5.74) is 4.28. The molecule has 0 aliphatic carbocycles. The van der Waals surface area contributed by atoms with Gasteiger partial charge >= 0.3 is 5.97 Å². The molecule has 1 aliphatic rings. The van der Waals surface area contributed by atoms with E-state index in [9.17, 15) is 4.79 Å². The van der Waals surface area contributed by atoms with E-state index in [0.29, 0.717) is 12.5 Å². The van der Waals surface area contributed by atoms with Gasteiger partial charge in [0.2, 0.25) is 0 Å². The zero-order valence-corrected chi connectivity index (χ0v) is 14.3. The van der Waals surface area contributed by atoms with Crippen molar-refractivity contribution in [1.29, 1.82) is 0 Å². The smallest absolute Gasteiger partial charge is 0.303 e. The number of carboxylic acid groups (broad SMARTS) is 1. The number of rotatable bonds is 6. The number of hydrogen-bond acceptors (Lipinski definition) is 4. The summed E-state index contributed by atoms with van der Waals surface area (Å²) in [5.74, 6) is -0.760. The van der Waals surface area contributed by atoms with E-state index >= 15 is 0 Å². The zero-order valence-electron chi connectivity index (χ0n) is 14.3. The van der Waals surface area contributed by atoms with Gasteiger partial charge in [0.25, 0.3) is 0 Å². The standard InChI is InChI=1S/C18H24N4O2/c1-13-8-14(5-6-18(23)24)9-16(20-13)17-4-3-7-22(17)11-15-10-19-12-21(15)2/h8-10,12,17H,3-7,11H2,1-2H3,(H,23,24). The fourth-order valence-electron chi connectivity index (χ4n) is 3.43. The Labute approximate surface area is 142 Å². The number of imidazole rings is 1. The second kappa shape index (κ2) is 7.13. The first-order valence-corrected chi connectivity index (χ1v) is 8.41. The molecular weight excluding hydrogens is 304 g/mol. The molecular formula is C18H24N4O2. The molecule has 1 fully saturated rings. The molecule has 2 aromatic heterocycles. The van der Waals surface area contributed by atoms with Crippen molar-refractivity contribution in [2.75, 3.05) is 6.54 Å². The Morgan fingerprint density at radius 2 is 2.25 bits per heavy atom. The second-order valence-electron chi connectivity index (χ2n) is 6.56. The van der Waals surface area contributed by atoms with E-state index in [-0.39, 0.29) is 6.42 Å². The highest BCUT2D eigenvalue weighted by molar-refractivity contribution is 5.67. The van der Waals surface area contributed by atoms with Gasteiger partial charge in [-0.2, -0.15) is 0 Å². The summed E-state index contributed by atoms with van der Waals surface area (Å²) >= 11 is 0. The minimum absolute atomic E-state index is 0.159. The maximum atomic E-state index is 10.8. The first kappa shape index (κ1) is 16.6. The monoisotopic (exact) mass is 328 g/mol. The summed E-state index contributed by atoms with van der Waals surface area (Å²) in [6.07, 6.45) is 6.70. The van der Waals surface area contributed by atoms with Crippen LogP contribution in [0.2, 0.25) is 0 Å². The molecule has 3 rings (SSSR count). The largest absolute Gasteiger partial charge is 0.481 e. The van der Waals surface area contributed by atoms with Crippen LogP contribution in [0.3, 0.4) is 0 Å². The number of aromatic nitrogens is 3. The lowest BCUT2D eigenvalue weighted by molar-refractivity contribution is -0.136. The van der Waals surface area contributed by atoms with Crippen LogP contribution in [0.5, 0.6) is 0 Å². The lowest BCUT2D eigenvalue weighted by Gasteiger charge is -2.24. The number of hydrogen-bond donors (Lipinski definition) is 1. The van der Waals surface area contributed by atoms with Gasteiger partial charge < -0.3 is 9.67 Å². The van der Waals surface area contributed by atoms with Gasteiger partial charge in [-0.15, -0.1) is 0 Å². The highest BCUT2D eigenvalue weighted by Crippen LogP contribution is 2.32. The molecule has 3 heterocycles. The molecule has 1 aliphatic heterocycles. The first-order valence-electron chi connectivity index (χ1n) is 8.41. The Morgan fingerprint density at radius 3 is 2.96 bits per heavy atom. The molecule has 6 nitrogen and oxygen atoms in total. The molecule has 0 aromatic carbocycles. The predicted molar refractivity (Wildman–Crippen MR) is 90.5 cm³/mol. The van der Waals surface area contributed by atoms with Crippen molar-refractivity contribution in [3.63, 3.8) is 0 Å². The molecule has 0 saturated carbocycles. The van der Waals surface area contributed by atoms with Crippen molar-refractivity contribution >= 4 is 5.97 Å². The Morgan fingerprint density at radius 1 is 1.42 bits per heavy atom. The molecule has 0 bridgehead atoms. The van der Waals surface area contributed by atoms with Crippen molar-refractivity contribution in [2.45, 2.75) is 45.2 Å². The number of carboxylic acids is 1. The highest BCUT2D eigenvalue weighted by Gasteiger charge is 2.28. The van der Waals surface area contributed by atoms with Gasteiger partial charge in [-0.05, 0) is 50.4 Å². The lowest BCUT2D eigenvalue weighted by Crippen LogP contribution is -2.24. The average molecular weight is 328 g/mol. The fraction of sp³-hybridized carbons (Fsp3) is 0.500. The van der Waals surface area contributed by atoms with E-state index in [1.54, 1.807) is 0 Å². The molecule has 1 unspecified atom stereocenters. The number of aliphatic carboxylic acids is 1. The van der Waals surface area contributed by atoms with Crippen LogP contribution in [0.4, 0.5) is 0 Å². The molecule has 128 valence electrons. The van der Waals surface area contributed by atoms with Gasteiger partial charge in [-0.3, -0.25) is 14.7 Å². The van der Waals surface area contributed by atoms with Gasteiger partial charge in [0.05, 0.1) is 23.8 Å². The molecule has 1 atom stereocenters. The van der Waals surface area contributed by atoms with Crippen molar-refractivity contribution in [2.24, 2.45) is 7.05 Å². The van der Waals surface area contributed by atoms with E-state index in [4.69, 9.17) is 10.1 Å². The Bertz CT molecular complexity index is 726. The first-order chi connectivity index (χ1) is 11.5. The van der Waals surface area contributed by atoms with Gasteiger partial charge in [0.1, 0.15) is 0 Å². The van der Waals surface area contributed by atoms with Crippen LogP contribution >= 0.6 is 0 Å². The van der Waals surface area contributed by atoms with E-state index in [2.05, 4.69) is 20.5 Å². The molecule has 1 N–H and O–H groups in total. The molecule has 0 spiro atoms. The number of carbonyl (C=O) groups is 1. The van der Waals surface area contributed by atoms with E-state index in [1.807, 2.05) is 32.6 Å². The normalized spacial score (nSPS) is 18.2. The molecule has 24 heavy (non-hydrogen) atoms. The van der Waals surface area contributed by atoms with Crippen LogP contribution in [0.1, 0.15) is 47.9 Å². The maximum Gasteiger partial charge on any atom is 0.303 e. The number of nitrogens with zero attached hydrogens (tertiary/aromatic N) is 4. The van der Waals surface area contributed by atoms with Crippen molar-refractivity contribution in [3.05, 3.63) is 47.3 Å². The van der Waals surface area contributed by atoms with Crippen LogP contribution in [-0.2, 0) is 24.8 Å². The minimum atomic E-state index is -0.760. The average Bonchev–Trinajstić information content (AvgIpc) is 3.15. The Balaban J connectivity index is 1.78. The number of likely N-dealkylation sites (tertiary alicyclic amines) is 1. The molecule has 0 radical (unpaired) electrons. The molecule has 1 saturated heterocycles. The molecule has 0 amide bonds. The van der Waals surface area contributed by atoms with Crippen LogP contribution in [0, 0.1) is 6.92 Å². The van der Waals surface area contributed by atoms with Crippen LogP contribution in [0.15, 0.2) is 24.7 Å². The fourth-order valence-corrected chi connectivity index (χ4v) is 3.43.